The second kappa shape index (κ2) is 9.92. The van der Waals surface area contributed by atoms with Crippen molar-refractivity contribution in [3.63, 3.8) is 0 Å². The van der Waals surface area contributed by atoms with Crippen molar-refractivity contribution in [2.75, 3.05) is 25.6 Å². The number of benzene rings is 2. The summed E-state index contributed by atoms with van der Waals surface area (Å²) >= 11 is 6.29. The van der Waals surface area contributed by atoms with Crippen LogP contribution in [0.5, 0.6) is 17.2 Å². The lowest BCUT2D eigenvalue weighted by atomic mass is 10.1. The van der Waals surface area contributed by atoms with E-state index in [0.29, 0.717) is 29.7 Å². The number of halogens is 1. The molecule has 3 N–H and O–H groups in total. The Balaban J connectivity index is 2.16. The molecule has 0 atom stereocenters. The van der Waals surface area contributed by atoms with Crippen LogP contribution in [0.1, 0.15) is 24.5 Å². The number of hydrogen-bond donors (Lipinski definition) is 2. The van der Waals surface area contributed by atoms with Crippen LogP contribution >= 0.6 is 11.6 Å². The highest BCUT2D eigenvalue weighted by Crippen LogP contribution is 2.37. The Bertz CT molecular complexity index is 796. The SMILES string of the molecule is CCCOc1cc(C)ccc1NCc1cc(Cl)c(OCC(N)=O)c(OC)c1. The fourth-order valence-electron chi connectivity index (χ4n) is 2.46. The van der Waals surface area contributed by atoms with Crippen LogP contribution in [0.25, 0.3) is 0 Å². The van der Waals surface area contributed by atoms with Crippen LogP contribution in [0.3, 0.4) is 0 Å². The lowest BCUT2D eigenvalue weighted by molar-refractivity contribution is -0.119. The van der Waals surface area contributed by atoms with E-state index in [0.717, 1.165) is 29.0 Å². The van der Waals surface area contributed by atoms with Crippen LogP contribution < -0.4 is 25.3 Å². The topological polar surface area (TPSA) is 82.8 Å². The molecule has 27 heavy (non-hydrogen) atoms. The van der Waals surface area contributed by atoms with E-state index in [-0.39, 0.29) is 6.61 Å². The second-order valence-electron chi connectivity index (χ2n) is 6.07. The summed E-state index contributed by atoms with van der Waals surface area (Å²) in [6, 6.07) is 9.58. The predicted molar refractivity (Wildman–Crippen MR) is 107 cm³/mol. The Morgan fingerprint density at radius 3 is 2.63 bits per heavy atom. The van der Waals surface area contributed by atoms with Gasteiger partial charge >= 0.3 is 0 Å². The van der Waals surface area contributed by atoms with E-state index in [1.54, 1.807) is 12.1 Å². The predicted octanol–water partition coefficient (Wildman–Crippen LogP) is 3.92. The highest BCUT2D eigenvalue weighted by atomic mass is 35.5. The summed E-state index contributed by atoms with van der Waals surface area (Å²) < 4.78 is 16.5. The van der Waals surface area contributed by atoms with Gasteiger partial charge in [0.25, 0.3) is 5.91 Å². The van der Waals surface area contributed by atoms with Gasteiger partial charge < -0.3 is 25.3 Å². The maximum Gasteiger partial charge on any atom is 0.255 e. The van der Waals surface area contributed by atoms with Crippen LogP contribution in [0.2, 0.25) is 5.02 Å². The number of carbonyl (C=O) groups is 1. The van der Waals surface area contributed by atoms with Crippen LogP contribution in [0, 0.1) is 6.92 Å². The van der Waals surface area contributed by atoms with Crippen molar-refractivity contribution in [1.82, 2.24) is 0 Å². The molecule has 146 valence electrons. The Kier molecular flexibility index (Phi) is 7.61. The lowest BCUT2D eigenvalue weighted by Crippen LogP contribution is -2.20. The van der Waals surface area contributed by atoms with Gasteiger partial charge in [-0.1, -0.05) is 24.6 Å². The van der Waals surface area contributed by atoms with Gasteiger partial charge in [0.05, 0.1) is 24.4 Å². The number of carbonyl (C=O) groups excluding carboxylic acids is 1. The van der Waals surface area contributed by atoms with E-state index in [1.807, 2.05) is 25.1 Å². The van der Waals surface area contributed by atoms with Crippen molar-refractivity contribution in [3.8, 4) is 17.2 Å². The smallest absolute Gasteiger partial charge is 0.255 e. The standard InChI is InChI=1S/C20H25ClN2O4/c1-4-7-26-17-8-13(2)5-6-16(17)23-11-14-9-15(21)20(18(10-14)25-3)27-12-19(22)24/h5-6,8-10,23H,4,7,11-12H2,1-3H3,(H2,22,24). The molecule has 0 aromatic heterocycles. The van der Waals surface area contributed by atoms with E-state index >= 15 is 0 Å². The molecule has 0 heterocycles. The number of methoxy groups -OCH3 is 1. The summed E-state index contributed by atoms with van der Waals surface area (Å²) in [4.78, 5) is 10.9. The summed E-state index contributed by atoms with van der Waals surface area (Å²) in [5.41, 5.74) is 8.04. The molecule has 1 amide bonds. The van der Waals surface area contributed by atoms with Crippen LogP contribution in [0.15, 0.2) is 30.3 Å². The van der Waals surface area contributed by atoms with Crippen LogP contribution in [0.4, 0.5) is 5.69 Å². The van der Waals surface area contributed by atoms with Crippen molar-refractivity contribution in [2.24, 2.45) is 5.73 Å². The molecule has 0 fully saturated rings. The molecular formula is C20H25ClN2O4. The van der Waals surface area contributed by atoms with Gasteiger partial charge in [-0.05, 0) is 48.7 Å². The first-order chi connectivity index (χ1) is 12.9. The molecule has 0 saturated heterocycles. The van der Waals surface area contributed by atoms with Gasteiger partial charge in [-0.2, -0.15) is 0 Å². The van der Waals surface area contributed by atoms with Crippen molar-refractivity contribution in [3.05, 3.63) is 46.5 Å². The Hall–Kier alpha value is -2.60. The third kappa shape index (κ3) is 5.96. The average molecular weight is 393 g/mol. The van der Waals surface area contributed by atoms with Gasteiger partial charge in [0, 0.05) is 6.54 Å². The van der Waals surface area contributed by atoms with Crippen LogP contribution in [-0.4, -0.2) is 26.2 Å². The quantitative estimate of drug-likeness (QED) is 0.640. The van der Waals surface area contributed by atoms with Gasteiger partial charge in [-0.3, -0.25) is 4.79 Å². The molecule has 0 bridgehead atoms. The Labute approximate surface area is 164 Å². The molecular weight excluding hydrogens is 368 g/mol. The normalized spacial score (nSPS) is 10.4. The maximum atomic E-state index is 10.9. The number of rotatable bonds is 10. The summed E-state index contributed by atoms with van der Waals surface area (Å²) in [6.45, 7) is 4.99. The van der Waals surface area contributed by atoms with Crippen molar-refractivity contribution in [1.29, 1.82) is 0 Å². The van der Waals surface area contributed by atoms with Crippen molar-refractivity contribution >= 4 is 23.2 Å². The number of hydrogen-bond acceptors (Lipinski definition) is 5. The number of primary amides is 1. The maximum absolute atomic E-state index is 10.9. The van der Waals surface area contributed by atoms with Gasteiger partial charge in [-0.15, -0.1) is 0 Å². The molecule has 0 radical (unpaired) electrons. The molecule has 2 aromatic rings. The zero-order valence-corrected chi connectivity index (χ0v) is 16.6. The van der Waals surface area contributed by atoms with Gasteiger partial charge in [-0.25, -0.2) is 0 Å². The second-order valence-corrected chi connectivity index (χ2v) is 6.47. The van der Waals surface area contributed by atoms with E-state index in [2.05, 4.69) is 12.2 Å². The zero-order chi connectivity index (χ0) is 19.8. The van der Waals surface area contributed by atoms with Gasteiger partial charge in [0.15, 0.2) is 18.1 Å². The number of ether oxygens (including phenoxy) is 3. The Morgan fingerprint density at radius 2 is 1.96 bits per heavy atom. The monoisotopic (exact) mass is 392 g/mol. The summed E-state index contributed by atoms with van der Waals surface area (Å²) in [6.07, 6.45) is 0.937. The molecule has 0 aliphatic rings. The number of anilines is 1. The highest BCUT2D eigenvalue weighted by Gasteiger charge is 2.13. The molecule has 0 saturated carbocycles. The fraction of sp³-hybridized carbons (Fsp3) is 0.350. The van der Waals surface area contributed by atoms with E-state index in [9.17, 15) is 4.79 Å². The molecule has 2 rings (SSSR count). The molecule has 0 spiro atoms. The summed E-state index contributed by atoms with van der Waals surface area (Å²) in [7, 11) is 1.51. The van der Waals surface area contributed by atoms with Crippen molar-refractivity contribution < 1.29 is 19.0 Å². The summed E-state index contributed by atoms with van der Waals surface area (Å²) in [5.74, 6) is 0.963. The first-order valence-electron chi connectivity index (χ1n) is 8.69. The number of nitrogens with two attached hydrogens (primary N) is 1. The van der Waals surface area contributed by atoms with E-state index in [1.165, 1.54) is 7.11 Å². The molecule has 2 aromatic carbocycles. The fourth-order valence-corrected chi connectivity index (χ4v) is 2.75. The number of aryl methyl sites for hydroxylation is 1. The third-order valence-corrected chi connectivity index (χ3v) is 4.01. The minimum atomic E-state index is -0.585. The Morgan fingerprint density at radius 1 is 1.19 bits per heavy atom. The third-order valence-electron chi connectivity index (χ3n) is 3.73. The molecule has 0 aliphatic carbocycles. The first-order valence-corrected chi connectivity index (χ1v) is 9.07. The molecule has 0 unspecified atom stereocenters. The van der Waals surface area contributed by atoms with Crippen LogP contribution in [-0.2, 0) is 11.3 Å². The molecule has 0 aliphatic heterocycles. The number of amides is 1. The van der Waals surface area contributed by atoms with Crippen molar-refractivity contribution in [2.45, 2.75) is 26.8 Å². The van der Waals surface area contributed by atoms with Gasteiger partial charge in [0.1, 0.15) is 5.75 Å². The highest BCUT2D eigenvalue weighted by molar-refractivity contribution is 6.32. The molecule has 6 nitrogen and oxygen atoms in total. The minimum absolute atomic E-state index is 0.269. The lowest BCUT2D eigenvalue weighted by Gasteiger charge is -2.16. The molecule has 7 heteroatoms. The first kappa shape index (κ1) is 20.7. The average Bonchev–Trinajstić information content (AvgIpc) is 2.64. The largest absolute Gasteiger partial charge is 0.493 e. The minimum Gasteiger partial charge on any atom is -0.493 e. The number of nitrogens with one attached hydrogen (secondary N) is 1. The van der Waals surface area contributed by atoms with E-state index < -0.39 is 5.91 Å². The van der Waals surface area contributed by atoms with E-state index in [4.69, 9.17) is 31.5 Å². The summed E-state index contributed by atoms with van der Waals surface area (Å²) in [5, 5.41) is 3.71. The van der Waals surface area contributed by atoms with Gasteiger partial charge in [0.2, 0.25) is 0 Å². The zero-order valence-electron chi connectivity index (χ0n) is 15.8.